The maximum Gasteiger partial charge on any atom is 0.303 e. The van der Waals surface area contributed by atoms with Gasteiger partial charge >= 0.3 is 5.97 Å². The molecule has 172 valence electrons. The van der Waals surface area contributed by atoms with Crippen molar-refractivity contribution in [1.82, 2.24) is 0 Å². The Kier molecular flexibility index (Phi) is 12.1. The number of hydrogen-bond acceptors (Lipinski definition) is 2. The second kappa shape index (κ2) is 13.7. The largest absolute Gasteiger partial charge is 0.507 e. The Hall–Kier alpha value is -1.51. The summed E-state index contributed by atoms with van der Waals surface area (Å²) >= 11 is 0. The summed E-state index contributed by atoms with van der Waals surface area (Å²) in [4.78, 5) is 11.5. The van der Waals surface area contributed by atoms with Crippen molar-refractivity contribution >= 4 is 5.97 Å². The molecule has 0 aliphatic heterocycles. The quantitative estimate of drug-likeness (QED) is 0.282. The summed E-state index contributed by atoms with van der Waals surface area (Å²) in [5.74, 6) is -0.386. The van der Waals surface area contributed by atoms with Crippen molar-refractivity contribution in [3.05, 3.63) is 28.8 Å². The normalized spacial score (nSPS) is 12.8. The topological polar surface area (TPSA) is 57.5 Å². The minimum Gasteiger partial charge on any atom is -0.507 e. The average molecular weight is 419 g/mol. The lowest BCUT2D eigenvalue weighted by Gasteiger charge is -2.25. The van der Waals surface area contributed by atoms with Crippen LogP contribution < -0.4 is 0 Å². The zero-order chi connectivity index (χ0) is 22.6. The van der Waals surface area contributed by atoms with Crippen LogP contribution in [0.3, 0.4) is 0 Å². The highest BCUT2D eigenvalue weighted by Gasteiger charge is 2.23. The molecule has 0 radical (unpaired) electrons. The zero-order valence-corrected chi connectivity index (χ0v) is 20.2. The van der Waals surface area contributed by atoms with Crippen molar-refractivity contribution in [3.63, 3.8) is 0 Å². The number of carboxylic acid groups (broad SMARTS) is 1. The third-order valence-corrected chi connectivity index (χ3v) is 6.18. The lowest BCUT2D eigenvalue weighted by Crippen LogP contribution is -2.14. The van der Waals surface area contributed by atoms with Crippen molar-refractivity contribution in [2.45, 2.75) is 129 Å². The molecule has 2 N–H and O–H groups in total. The molecule has 0 aliphatic rings. The van der Waals surface area contributed by atoms with Gasteiger partial charge in [0.05, 0.1) is 6.42 Å². The molecule has 1 unspecified atom stereocenters. The molecule has 0 amide bonds. The van der Waals surface area contributed by atoms with Gasteiger partial charge in [-0.1, -0.05) is 110 Å². The lowest BCUT2D eigenvalue weighted by molar-refractivity contribution is -0.137. The van der Waals surface area contributed by atoms with Crippen LogP contribution in [0.15, 0.2) is 12.1 Å². The van der Waals surface area contributed by atoms with Gasteiger partial charge in [-0.05, 0) is 41.4 Å². The number of rotatable bonds is 15. The molecule has 1 atom stereocenters. The fourth-order valence-electron chi connectivity index (χ4n) is 4.27. The van der Waals surface area contributed by atoms with Crippen molar-refractivity contribution in [3.8, 4) is 5.75 Å². The highest BCUT2D eigenvalue weighted by Crippen LogP contribution is 2.37. The van der Waals surface area contributed by atoms with E-state index in [9.17, 15) is 15.0 Å². The van der Waals surface area contributed by atoms with Crippen LogP contribution in [-0.2, 0) is 10.2 Å². The summed E-state index contributed by atoms with van der Waals surface area (Å²) in [6.45, 7) is 10.4. The van der Waals surface area contributed by atoms with Crippen LogP contribution in [0.4, 0.5) is 0 Å². The molecule has 0 aliphatic carbocycles. The smallest absolute Gasteiger partial charge is 0.303 e. The van der Waals surface area contributed by atoms with E-state index in [1.54, 1.807) is 0 Å². The minimum absolute atomic E-state index is 0.0152. The van der Waals surface area contributed by atoms with Gasteiger partial charge in [-0.25, -0.2) is 0 Å². The molecule has 3 heteroatoms. The molecule has 0 bridgehead atoms. The monoisotopic (exact) mass is 418 g/mol. The zero-order valence-electron chi connectivity index (χ0n) is 20.2. The Morgan fingerprint density at radius 1 is 0.900 bits per heavy atom. The number of aryl methyl sites for hydroxylation is 1. The van der Waals surface area contributed by atoms with E-state index in [-0.39, 0.29) is 17.8 Å². The van der Waals surface area contributed by atoms with Crippen LogP contribution in [0.1, 0.15) is 134 Å². The Balaban J connectivity index is 2.52. The van der Waals surface area contributed by atoms with Gasteiger partial charge in [0.15, 0.2) is 0 Å². The number of carbonyl (C=O) groups is 1. The van der Waals surface area contributed by atoms with Crippen molar-refractivity contribution in [2.75, 3.05) is 0 Å². The molecule has 0 heterocycles. The van der Waals surface area contributed by atoms with E-state index < -0.39 is 5.97 Å². The number of benzene rings is 1. The van der Waals surface area contributed by atoms with Gasteiger partial charge in [0.25, 0.3) is 0 Å². The highest BCUT2D eigenvalue weighted by atomic mass is 16.4. The van der Waals surface area contributed by atoms with E-state index in [2.05, 4.69) is 27.7 Å². The number of unbranched alkanes of at least 4 members (excludes halogenated alkanes) is 10. The van der Waals surface area contributed by atoms with E-state index in [0.29, 0.717) is 5.75 Å². The Morgan fingerprint density at radius 3 is 1.87 bits per heavy atom. The van der Waals surface area contributed by atoms with Crippen LogP contribution in [-0.4, -0.2) is 16.2 Å². The number of phenolic OH excluding ortho intramolecular Hbond substituents is 1. The van der Waals surface area contributed by atoms with Crippen molar-refractivity contribution in [2.24, 2.45) is 0 Å². The van der Waals surface area contributed by atoms with Gasteiger partial charge < -0.3 is 10.2 Å². The molecule has 1 aromatic rings. The SMILES string of the molecule is CCCCCCCCCCCCCC(CC(=O)O)c1cc(C)c(O)c(C(C)(C)C)c1. The van der Waals surface area contributed by atoms with Gasteiger partial charge in [0.2, 0.25) is 0 Å². The van der Waals surface area contributed by atoms with E-state index in [4.69, 9.17) is 0 Å². The number of phenols is 1. The molecule has 1 aromatic carbocycles. The molecule has 0 fully saturated rings. The first-order valence-electron chi connectivity index (χ1n) is 12.2. The lowest BCUT2D eigenvalue weighted by atomic mass is 9.81. The number of aliphatic carboxylic acids is 1. The molecule has 3 nitrogen and oxygen atoms in total. The summed E-state index contributed by atoms with van der Waals surface area (Å²) in [6.07, 6.45) is 15.3. The predicted molar refractivity (Wildman–Crippen MR) is 128 cm³/mol. The highest BCUT2D eigenvalue weighted by molar-refractivity contribution is 5.68. The van der Waals surface area contributed by atoms with Crippen LogP contribution in [0.5, 0.6) is 5.75 Å². The average Bonchev–Trinajstić information content (AvgIpc) is 2.66. The van der Waals surface area contributed by atoms with Gasteiger partial charge in [0.1, 0.15) is 5.75 Å². The summed E-state index contributed by atoms with van der Waals surface area (Å²) in [5, 5.41) is 19.9. The summed E-state index contributed by atoms with van der Waals surface area (Å²) in [5.41, 5.74) is 2.64. The van der Waals surface area contributed by atoms with Gasteiger partial charge in [-0.15, -0.1) is 0 Å². The van der Waals surface area contributed by atoms with Gasteiger partial charge in [-0.2, -0.15) is 0 Å². The minimum atomic E-state index is -0.744. The molecule has 30 heavy (non-hydrogen) atoms. The van der Waals surface area contributed by atoms with Gasteiger partial charge in [-0.3, -0.25) is 4.79 Å². The summed E-state index contributed by atoms with van der Waals surface area (Å²) in [6, 6.07) is 4.02. The fourth-order valence-corrected chi connectivity index (χ4v) is 4.27. The number of hydrogen-bond donors (Lipinski definition) is 2. The van der Waals surface area contributed by atoms with Crippen molar-refractivity contribution in [1.29, 1.82) is 0 Å². The second-order valence-electron chi connectivity index (χ2n) is 10.1. The summed E-state index contributed by atoms with van der Waals surface area (Å²) < 4.78 is 0. The number of aromatic hydroxyl groups is 1. The van der Waals surface area contributed by atoms with Crippen LogP contribution in [0.25, 0.3) is 0 Å². The molecular weight excluding hydrogens is 372 g/mol. The first-order chi connectivity index (χ1) is 14.2. The fraction of sp³-hybridized carbons (Fsp3) is 0.741. The first-order valence-corrected chi connectivity index (χ1v) is 12.2. The van der Waals surface area contributed by atoms with Crippen LogP contribution >= 0.6 is 0 Å². The Morgan fingerprint density at radius 2 is 1.40 bits per heavy atom. The summed E-state index contributed by atoms with van der Waals surface area (Å²) in [7, 11) is 0. The molecule has 0 spiro atoms. The molecule has 0 aromatic heterocycles. The molecule has 0 saturated heterocycles. The maximum absolute atomic E-state index is 11.5. The Bertz CT molecular complexity index is 628. The Labute approximate surface area is 185 Å². The maximum atomic E-state index is 11.5. The van der Waals surface area contributed by atoms with Crippen molar-refractivity contribution < 1.29 is 15.0 Å². The van der Waals surface area contributed by atoms with E-state index in [0.717, 1.165) is 29.5 Å². The van der Waals surface area contributed by atoms with E-state index >= 15 is 0 Å². The predicted octanol–water partition coefficient (Wildman–Crippen LogP) is 8.26. The number of carboxylic acids is 1. The molecule has 1 rings (SSSR count). The standard InChI is InChI=1S/C27H46O3/c1-6-7-8-9-10-11-12-13-14-15-16-17-22(20-25(28)29)23-18-21(2)26(30)24(19-23)27(3,4)5/h18-19,22,30H,6-17,20H2,1-5H3,(H,28,29). The third kappa shape index (κ3) is 10.00. The van der Waals surface area contributed by atoms with E-state index in [1.165, 1.54) is 64.2 Å². The van der Waals surface area contributed by atoms with Crippen LogP contribution in [0, 0.1) is 6.92 Å². The third-order valence-electron chi connectivity index (χ3n) is 6.18. The van der Waals surface area contributed by atoms with Gasteiger partial charge in [0, 0.05) is 0 Å². The van der Waals surface area contributed by atoms with Crippen LogP contribution in [0.2, 0.25) is 0 Å². The molecule has 0 saturated carbocycles. The second-order valence-corrected chi connectivity index (χ2v) is 10.1. The first kappa shape index (κ1) is 26.5. The van der Waals surface area contributed by atoms with E-state index in [1.807, 2.05) is 19.1 Å². The molecular formula is C27H46O3.